The Morgan fingerprint density at radius 3 is 2.38 bits per heavy atom. The van der Waals surface area contributed by atoms with E-state index in [0.717, 1.165) is 23.8 Å². The van der Waals surface area contributed by atoms with Gasteiger partial charge in [-0.25, -0.2) is 9.37 Å². The maximum Gasteiger partial charge on any atom is 0.417 e. The molecule has 1 N–H and O–H groups in total. The Morgan fingerprint density at radius 1 is 1.14 bits per heavy atom. The van der Waals surface area contributed by atoms with Crippen molar-refractivity contribution in [3.8, 4) is 11.9 Å². The first kappa shape index (κ1) is 27.9. The van der Waals surface area contributed by atoms with Gasteiger partial charge in [-0.1, -0.05) is 23.7 Å². The van der Waals surface area contributed by atoms with Crippen LogP contribution in [0.5, 0.6) is 5.88 Å². The van der Waals surface area contributed by atoms with E-state index in [1.165, 1.54) is 19.9 Å². The third kappa shape index (κ3) is 7.43. The summed E-state index contributed by atoms with van der Waals surface area (Å²) in [5, 5.41) is 12.7. The predicted molar refractivity (Wildman–Crippen MR) is 131 cm³/mol. The molecule has 3 rings (SSSR count). The normalized spacial score (nSPS) is 13.4. The number of halogens is 5. The van der Waals surface area contributed by atoms with Crippen LogP contribution in [0.3, 0.4) is 0 Å². The number of benzene rings is 2. The Bertz CT molecular complexity index is 1290. The van der Waals surface area contributed by atoms with Gasteiger partial charge in [0.1, 0.15) is 5.82 Å². The lowest BCUT2D eigenvalue weighted by atomic mass is 9.85. The molecule has 0 spiro atoms. The maximum absolute atomic E-state index is 14.3. The van der Waals surface area contributed by atoms with Crippen LogP contribution in [0.2, 0.25) is 5.02 Å². The van der Waals surface area contributed by atoms with E-state index >= 15 is 0 Å². The van der Waals surface area contributed by atoms with Gasteiger partial charge < -0.3 is 10.1 Å². The summed E-state index contributed by atoms with van der Waals surface area (Å²) in [7, 11) is 0. The lowest BCUT2D eigenvalue weighted by Gasteiger charge is -2.30. The Labute approximate surface area is 217 Å². The third-order valence-electron chi connectivity index (χ3n) is 5.78. The van der Waals surface area contributed by atoms with E-state index < -0.39 is 41.0 Å². The average Bonchev–Trinajstić information content (AvgIpc) is 2.82. The van der Waals surface area contributed by atoms with E-state index in [0.29, 0.717) is 23.2 Å². The molecule has 0 saturated carbocycles. The fraction of sp³-hybridized carbons (Fsp3) is 0.296. The molecule has 2 aromatic carbocycles. The molecule has 5 nitrogen and oxygen atoms in total. The van der Waals surface area contributed by atoms with Gasteiger partial charge in [-0.15, -0.1) is 0 Å². The number of amides is 1. The minimum atomic E-state index is -4.55. The number of hydrogen-bond donors (Lipinski definition) is 1. The van der Waals surface area contributed by atoms with E-state index in [9.17, 15) is 27.6 Å². The van der Waals surface area contributed by atoms with Gasteiger partial charge in [0.15, 0.2) is 5.60 Å². The average molecular weight is 534 g/mol. The maximum atomic E-state index is 14.3. The van der Waals surface area contributed by atoms with Crippen molar-refractivity contribution in [3.63, 3.8) is 0 Å². The van der Waals surface area contributed by atoms with E-state index in [1.807, 2.05) is 18.2 Å². The summed E-state index contributed by atoms with van der Waals surface area (Å²) in [5.74, 6) is -1.72. The number of ether oxygens (including phenoxy) is 1. The molecule has 1 heterocycles. The summed E-state index contributed by atoms with van der Waals surface area (Å²) in [6, 6.07) is 14.3. The smallest absolute Gasteiger partial charge is 0.417 e. The number of nitriles is 1. The highest BCUT2D eigenvalue weighted by molar-refractivity contribution is 6.30. The fourth-order valence-electron chi connectivity index (χ4n) is 3.75. The molecule has 0 radical (unpaired) electrons. The molecule has 0 fully saturated rings. The first-order valence-corrected chi connectivity index (χ1v) is 11.6. The highest BCUT2D eigenvalue weighted by Crippen LogP contribution is 2.30. The molecule has 0 aliphatic heterocycles. The zero-order chi connectivity index (χ0) is 27.4. The number of alkyl halides is 3. The zero-order valence-corrected chi connectivity index (χ0v) is 21.0. The second kappa shape index (κ2) is 11.2. The summed E-state index contributed by atoms with van der Waals surface area (Å²) in [5.41, 5.74) is -0.893. The molecule has 0 aliphatic carbocycles. The third-order valence-corrected chi connectivity index (χ3v) is 6.03. The van der Waals surface area contributed by atoms with Crippen LogP contribution in [0.4, 0.5) is 17.6 Å². The van der Waals surface area contributed by atoms with Crippen molar-refractivity contribution in [2.24, 2.45) is 0 Å². The Kier molecular flexibility index (Phi) is 8.44. The molecule has 1 aromatic heterocycles. The van der Waals surface area contributed by atoms with Crippen LogP contribution in [0.15, 0.2) is 60.8 Å². The summed E-state index contributed by atoms with van der Waals surface area (Å²) >= 11 is 5.99. The van der Waals surface area contributed by atoms with Crippen molar-refractivity contribution in [1.29, 1.82) is 5.26 Å². The standard InChI is InChI=1S/C27H24ClF4N3O2/c1-16(35-25(36)26(2,3)37-24-9-6-20(15-34-24)27(30,31)32)23(12-17-4-7-21(28)8-5-17)19-10-18(14-33)11-22(29)13-19/h4-11,13,15-16,23H,12H2,1-3H3,(H,35,36). The Hall–Kier alpha value is -3.64. The fourth-order valence-corrected chi connectivity index (χ4v) is 3.87. The van der Waals surface area contributed by atoms with Crippen molar-refractivity contribution in [1.82, 2.24) is 10.3 Å². The van der Waals surface area contributed by atoms with E-state index in [2.05, 4.69) is 10.3 Å². The monoisotopic (exact) mass is 533 g/mol. The van der Waals surface area contributed by atoms with Gasteiger partial charge in [0.2, 0.25) is 5.88 Å². The van der Waals surface area contributed by atoms with Gasteiger partial charge in [-0.3, -0.25) is 4.79 Å². The highest BCUT2D eigenvalue weighted by Gasteiger charge is 2.35. The van der Waals surface area contributed by atoms with Gasteiger partial charge in [0.25, 0.3) is 5.91 Å². The SMILES string of the molecule is CC(NC(=O)C(C)(C)Oc1ccc(C(F)(F)F)cn1)C(Cc1ccc(Cl)cc1)c1cc(F)cc(C#N)c1. The molecule has 37 heavy (non-hydrogen) atoms. The lowest BCUT2D eigenvalue weighted by Crippen LogP contribution is -2.51. The largest absolute Gasteiger partial charge is 0.462 e. The second-order valence-corrected chi connectivity index (χ2v) is 9.52. The molecule has 2 unspecified atom stereocenters. The van der Waals surface area contributed by atoms with Crippen LogP contribution in [-0.2, 0) is 17.4 Å². The minimum Gasteiger partial charge on any atom is -0.462 e. The molecule has 0 aliphatic rings. The lowest BCUT2D eigenvalue weighted by molar-refractivity contribution is -0.138. The molecule has 1 amide bonds. The van der Waals surface area contributed by atoms with Gasteiger partial charge in [0.05, 0.1) is 17.2 Å². The van der Waals surface area contributed by atoms with Gasteiger partial charge in [0, 0.05) is 29.2 Å². The van der Waals surface area contributed by atoms with Gasteiger partial charge >= 0.3 is 6.18 Å². The van der Waals surface area contributed by atoms with Crippen molar-refractivity contribution in [2.45, 2.75) is 50.9 Å². The molecular formula is C27H24ClF4N3O2. The van der Waals surface area contributed by atoms with Crippen LogP contribution < -0.4 is 10.1 Å². The zero-order valence-electron chi connectivity index (χ0n) is 20.2. The molecule has 3 aromatic rings. The topological polar surface area (TPSA) is 75.0 Å². The molecular weight excluding hydrogens is 510 g/mol. The number of aromatic nitrogens is 1. The van der Waals surface area contributed by atoms with E-state index in [4.69, 9.17) is 16.3 Å². The number of rotatable bonds is 8. The van der Waals surface area contributed by atoms with Crippen molar-refractivity contribution < 1.29 is 27.1 Å². The number of pyridine rings is 1. The highest BCUT2D eigenvalue weighted by atomic mass is 35.5. The van der Waals surface area contributed by atoms with Crippen LogP contribution in [0.1, 0.15) is 48.9 Å². The molecule has 2 atom stereocenters. The Balaban J connectivity index is 1.82. The number of nitrogens with one attached hydrogen (secondary N) is 1. The van der Waals surface area contributed by atoms with Crippen molar-refractivity contribution in [3.05, 3.63) is 93.9 Å². The van der Waals surface area contributed by atoms with Gasteiger partial charge in [-0.2, -0.15) is 18.4 Å². The number of carbonyl (C=O) groups is 1. The Morgan fingerprint density at radius 2 is 1.81 bits per heavy atom. The number of nitrogens with zero attached hydrogens (tertiary/aromatic N) is 2. The quantitative estimate of drug-likeness (QED) is 0.337. The van der Waals surface area contributed by atoms with Crippen LogP contribution in [0.25, 0.3) is 0 Å². The molecule has 0 saturated heterocycles. The number of carbonyl (C=O) groups excluding carboxylic acids is 1. The van der Waals surface area contributed by atoms with Crippen molar-refractivity contribution >= 4 is 17.5 Å². The first-order valence-electron chi connectivity index (χ1n) is 11.3. The van der Waals surface area contributed by atoms with Crippen LogP contribution >= 0.6 is 11.6 Å². The predicted octanol–water partition coefficient (Wildman–Crippen LogP) is 6.45. The molecule has 194 valence electrons. The summed E-state index contributed by atoms with van der Waals surface area (Å²) in [4.78, 5) is 16.8. The first-order chi connectivity index (χ1) is 17.3. The summed E-state index contributed by atoms with van der Waals surface area (Å²) < 4.78 is 58.3. The summed E-state index contributed by atoms with van der Waals surface area (Å²) in [6.45, 7) is 4.65. The number of hydrogen-bond acceptors (Lipinski definition) is 4. The van der Waals surface area contributed by atoms with Crippen LogP contribution in [-0.4, -0.2) is 22.5 Å². The van der Waals surface area contributed by atoms with Crippen LogP contribution in [0, 0.1) is 17.1 Å². The van der Waals surface area contributed by atoms with E-state index in [1.54, 1.807) is 25.1 Å². The van der Waals surface area contributed by atoms with Crippen molar-refractivity contribution in [2.75, 3.05) is 0 Å². The molecule has 0 bridgehead atoms. The minimum absolute atomic E-state index is 0.145. The van der Waals surface area contributed by atoms with E-state index in [-0.39, 0.29) is 11.4 Å². The summed E-state index contributed by atoms with van der Waals surface area (Å²) in [6.07, 6.45) is -3.52. The molecule has 10 heteroatoms. The second-order valence-electron chi connectivity index (χ2n) is 9.08. The van der Waals surface area contributed by atoms with Gasteiger partial charge in [-0.05, 0) is 74.7 Å².